The summed E-state index contributed by atoms with van der Waals surface area (Å²) in [5.41, 5.74) is 6.74. The van der Waals surface area contributed by atoms with Crippen molar-refractivity contribution in [3.05, 3.63) is 54.1 Å². The van der Waals surface area contributed by atoms with Crippen molar-refractivity contribution in [1.29, 1.82) is 0 Å². The minimum atomic E-state index is 0.591. The van der Waals surface area contributed by atoms with Gasteiger partial charge in [0.25, 0.3) is 0 Å². The van der Waals surface area contributed by atoms with Gasteiger partial charge in [0.05, 0.1) is 6.61 Å². The van der Waals surface area contributed by atoms with Gasteiger partial charge in [-0.3, -0.25) is 0 Å². The summed E-state index contributed by atoms with van der Waals surface area (Å²) in [6.07, 6.45) is 0. The molecular weight excluding hydrogens is 242 g/mol. The zero-order valence-electron chi connectivity index (χ0n) is 10.4. The number of hydrogen-bond donors (Lipinski definition) is 1. The van der Waals surface area contributed by atoms with E-state index >= 15 is 0 Å². The van der Waals surface area contributed by atoms with E-state index in [9.17, 15) is 0 Å². The van der Waals surface area contributed by atoms with Crippen molar-refractivity contribution in [2.24, 2.45) is 5.73 Å². The van der Waals surface area contributed by atoms with Crippen molar-refractivity contribution in [2.75, 3.05) is 6.61 Å². The van der Waals surface area contributed by atoms with Crippen LogP contribution in [0.25, 0.3) is 0 Å². The highest BCUT2D eigenvalue weighted by Gasteiger charge is 1.98. The van der Waals surface area contributed by atoms with Gasteiger partial charge in [-0.2, -0.15) is 0 Å². The van der Waals surface area contributed by atoms with E-state index in [4.69, 9.17) is 10.5 Å². The topological polar surface area (TPSA) is 35.2 Å². The summed E-state index contributed by atoms with van der Waals surface area (Å²) >= 11 is 1.74. The molecule has 0 atom stereocenters. The van der Waals surface area contributed by atoms with Crippen LogP contribution in [-0.4, -0.2) is 6.61 Å². The Morgan fingerprint density at radius 3 is 2.00 bits per heavy atom. The lowest BCUT2D eigenvalue weighted by molar-refractivity contribution is 0.340. The highest BCUT2D eigenvalue weighted by molar-refractivity contribution is 7.99. The van der Waals surface area contributed by atoms with Gasteiger partial charge < -0.3 is 10.5 Å². The summed E-state index contributed by atoms with van der Waals surface area (Å²) < 4.78 is 5.42. The van der Waals surface area contributed by atoms with Gasteiger partial charge >= 0.3 is 0 Å². The first kappa shape index (κ1) is 13.0. The van der Waals surface area contributed by atoms with Crippen molar-refractivity contribution in [2.45, 2.75) is 23.3 Å². The van der Waals surface area contributed by atoms with Crippen LogP contribution in [0.15, 0.2) is 58.3 Å². The third kappa shape index (κ3) is 3.52. The first-order valence-electron chi connectivity index (χ1n) is 6.01. The van der Waals surface area contributed by atoms with Crippen LogP contribution < -0.4 is 10.5 Å². The van der Waals surface area contributed by atoms with Gasteiger partial charge in [-0.1, -0.05) is 23.9 Å². The molecular formula is C15H17NOS. The Morgan fingerprint density at radius 2 is 1.50 bits per heavy atom. The summed E-state index contributed by atoms with van der Waals surface area (Å²) in [5, 5.41) is 0. The standard InChI is InChI=1S/C15H17NOS/c1-2-17-13-5-9-15(10-6-13)18-14-7-3-12(11-16)4-8-14/h3-10H,2,11,16H2,1H3. The minimum absolute atomic E-state index is 0.591. The summed E-state index contributed by atoms with van der Waals surface area (Å²) in [4.78, 5) is 2.43. The molecule has 2 aromatic carbocycles. The molecule has 0 amide bonds. The van der Waals surface area contributed by atoms with Gasteiger partial charge in [-0.15, -0.1) is 0 Å². The van der Waals surface area contributed by atoms with Gasteiger partial charge in [0.15, 0.2) is 0 Å². The molecule has 0 saturated heterocycles. The van der Waals surface area contributed by atoms with Crippen LogP contribution in [0.2, 0.25) is 0 Å². The number of benzene rings is 2. The fourth-order valence-electron chi connectivity index (χ4n) is 1.60. The summed E-state index contributed by atoms with van der Waals surface area (Å²) in [6, 6.07) is 16.5. The zero-order valence-corrected chi connectivity index (χ0v) is 11.2. The summed E-state index contributed by atoms with van der Waals surface area (Å²) in [5.74, 6) is 0.917. The van der Waals surface area contributed by atoms with Gasteiger partial charge in [0.1, 0.15) is 5.75 Å². The maximum atomic E-state index is 5.58. The first-order chi connectivity index (χ1) is 8.81. The third-order valence-corrected chi connectivity index (χ3v) is 3.55. The molecule has 0 aliphatic rings. The highest BCUT2D eigenvalue weighted by Crippen LogP contribution is 2.29. The van der Waals surface area contributed by atoms with Crippen molar-refractivity contribution in [3.8, 4) is 5.75 Å². The summed E-state index contributed by atoms with van der Waals surface area (Å²) in [7, 11) is 0. The molecule has 2 nitrogen and oxygen atoms in total. The molecule has 0 saturated carbocycles. The normalized spacial score (nSPS) is 10.3. The monoisotopic (exact) mass is 259 g/mol. The van der Waals surface area contributed by atoms with Crippen molar-refractivity contribution in [3.63, 3.8) is 0 Å². The molecule has 2 N–H and O–H groups in total. The molecule has 0 aliphatic carbocycles. The van der Waals surface area contributed by atoms with Crippen molar-refractivity contribution >= 4 is 11.8 Å². The lowest BCUT2D eigenvalue weighted by atomic mass is 10.2. The molecule has 3 heteroatoms. The molecule has 0 heterocycles. The lowest BCUT2D eigenvalue weighted by Crippen LogP contribution is -1.94. The molecule has 94 valence electrons. The van der Waals surface area contributed by atoms with Crippen LogP contribution in [0.3, 0.4) is 0 Å². The average Bonchev–Trinajstić information content (AvgIpc) is 2.42. The molecule has 2 aromatic rings. The van der Waals surface area contributed by atoms with Crippen LogP contribution in [0.1, 0.15) is 12.5 Å². The minimum Gasteiger partial charge on any atom is -0.494 e. The van der Waals surface area contributed by atoms with Crippen LogP contribution >= 0.6 is 11.8 Å². The molecule has 0 spiro atoms. The van der Waals surface area contributed by atoms with E-state index < -0.39 is 0 Å². The molecule has 0 aliphatic heterocycles. The molecule has 0 bridgehead atoms. The van der Waals surface area contributed by atoms with E-state index in [1.54, 1.807) is 11.8 Å². The van der Waals surface area contributed by atoms with Crippen LogP contribution in [-0.2, 0) is 6.54 Å². The average molecular weight is 259 g/mol. The Hall–Kier alpha value is -1.45. The number of ether oxygens (including phenoxy) is 1. The number of rotatable bonds is 5. The molecule has 0 unspecified atom stereocenters. The number of nitrogens with two attached hydrogens (primary N) is 1. The Labute approximate surface area is 112 Å². The van der Waals surface area contributed by atoms with Gasteiger partial charge in [-0.05, 0) is 48.9 Å². The fourth-order valence-corrected chi connectivity index (χ4v) is 2.42. The Morgan fingerprint density at radius 1 is 0.944 bits per heavy atom. The van der Waals surface area contributed by atoms with Crippen LogP contribution in [0, 0.1) is 0 Å². The maximum absolute atomic E-state index is 5.58. The number of hydrogen-bond acceptors (Lipinski definition) is 3. The van der Waals surface area contributed by atoms with Gasteiger partial charge in [0.2, 0.25) is 0 Å². The van der Waals surface area contributed by atoms with E-state index in [0.717, 1.165) is 11.3 Å². The Bertz CT molecular complexity index is 479. The second-order valence-corrected chi connectivity index (χ2v) is 5.00. The SMILES string of the molecule is CCOc1ccc(Sc2ccc(CN)cc2)cc1. The van der Waals surface area contributed by atoms with E-state index in [1.807, 2.05) is 19.1 Å². The quantitative estimate of drug-likeness (QED) is 0.889. The van der Waals surface area contributed by atoms with Crippen molar-refractivity contribution in [1.82, 2.24) is 0 Å². The lowest BCUT2D eigenvalue weighted by Gasteiger charge is -2.05. The predicted octanol–water partition coefficient (Wildman–Crippen LogP) is 3.70. The molecule has 0 radical (unpaired) electrons. The smallest absolute Gasteiger partial charge is 0.119 e. The fraction of sp³-hybridized carbons (Fsp3) is 0.200. The first-order valence-corrected chi connectivity index (χ1v) is 6.83. The maximum Gasteiger partial charge on any atom is 0.119 e. The predicted molar refractivity (Wildman–Crippen MR) is 76.1 cm³/mol. The van der Waals surface area contributed by atoms with Gasteiger partial charge in [0, 0.05) is 16.3 Å². The molecule has 18 heavy (non-hydrogen) atoms. The van der Waals surface area contributed by atoms with Crippen LogP contribution in [0.4, 0.5) is 0 Å². The summed E-state index contributed by atoms with van der Waals surface area (Å²) in [6.45, 7) is 3.28. The highest BCUT2D eigenvalue weighted by atomic mass is 32.2. The Kier molecular flexibility index (Phi) is 4.67. The largest absolute Gasteiger partial charge is 0.494 e. The zero-order chi connectivity index (χ0) is 12.8. The van der Waals surface area contributed by atoms with E-state index in [-0.39, 0.29) is 0 Å². The van der Waals surface area contributed by atoms with Crippen LogP contribution in [0.5, 0.6) is 5.75 Å². The second kappa shape index (κ2) is 6.47. The van der Waals surface area contributed by atoms with Gasteiger partial charge in [-0.25, -0.2) is 0 Å². The van der Waals surface area contributed by atoms with E-state index in [0.29, 0.717) is 13.2 Å². The van der Waals surface area contributed by atoms with Crippen molar-refractivity contribution < 1.29 is 4.74 Å². The van der Waals surface area contributed by atoms with E-state index in [2.05, 4.69) is 36.4 Å². The molecule has 2 rings (SSSR count). The third-order valence-electron chi connectivity index (χ3n) is 2.53. The molecule has 0 aromatic heterocycles. The second-order valence-electron chi connectivity index (χ2n) is 3.85. The Balaban J connectivity index is 2.03. The molecule has 0 fully saturated rings. The van der Waals surface area contributed by atoms with E-state index in [1.165, 1.54) is 9.79 Å².